The fourth-order valence-electron chi connectivity index (χ4n) is 3.69. The minimum absolute atomic E-state index is 0.0493. The molecule has 158 valence electrons. The fourth-order valence-corrected chi connectivity index (χ4v) is 3.69. The van der Waals surface area contributed by atoms with E-state index in [0.717, 1.165) is 0 Å². The number of hydrogen-bond donors (Lipinski definition) is 1. The van der Waals surface area contributed by atoms with E-state index in [1.165, 1.54) is 29.4 Å². The van der Waals surface area contributed by atoms with Crippen molar-refractivity contribution in [2.24, 2.45) is 0 Å². The van der Waals surface area contributed by atoms with Crippen LogP contribution in [0.5, 0.6) is 5.75 Å². The summed E-state index contributed by atoms with van der Waals surface area (Å²) in [7, 11) is 0. The normalized spacial score (nSPS) is 17.9. The lowest BCUT2D eigenvalue weighted by molar-refractivity contribution is -0.140. The van der Waals surface area contributed by atoms with E-state index in [-0.39, 0.29) is 17.7 Å². The van der Waals surface area contributed by atoms with Crippen molar-refractivity contribution >= 4 is 17.4 Å². The van der Waals surface area contributed by atoms with Gasteiger partial charge in [0.05, 0.1) is 31.0 Å². The Balaban J connectivity index is 1.87. The van der Waals surface area contributed by atoms with Crippen molar-refractivity contribution in [2.75, 3.05) is 6.61 Å². The zero-order valence-electron chi connectivity index (χ0n) is 16.7. The van der Waals surface area contributed by atoms with Crippen LogP contribution in [0, 0.1) is 5.82 Å². The van der Waals surface area contributed by atoms with Crippen LogP contribution in [0.15, 0.2) is 76.9 Å². The van der Waals surface area contributed by atoms with E-state index < -0.39 is 29.3 Å². The van der Waals surface area contributed by atoms with Crippen molar-refractivity contribution in [3.63, 3.8) is 0 Å². The van der Waals surface area contributed by atoms with Crippen LogP contribution in [0.4, 0.5) is 4.39 Å². The molecule has 1 unspecified atom stereocenters. The van der Waals surface area contributed by atoms with Crippen molar-refractivity contribution in [3.8, 4) is 5.75 Å². The number of ether oxygens (including phenoxy) is 1. The van der Waals surface area contributed by atoms with Crippen LogP contribution in [0.2, 0.25) is 0 Å². The molecule has 1 aromatic heterocycles. The standard InChI is InChI=1S/C24H20FNO5/c1-2-30-16-8-5-7-15(13-16)22(27)20-21(18-10-3-4-11-19(18)25)26(24(29)23(20)28)14-17-9-6-12-31-17/h3-13,21,27H,2,14H2,1H3/b22-20+. The van der Waals surface area contributed by atoms with Crippen LogP contribution in [-0.2, 0) is 16.1 Å². The Kier molecular flexibility index (Phi) is 5.58. The first-order valence-electron chi connectivity index (χ1n) is 9.79. The van der Waals surface area contributed by atoms with Crippen LogP contribution in [0.25, 0.3) is 5.76 Å². The summed E-state index contributed by atoms with van der Waals surface area (Å²) in [6.45, 7) is 2.20. The summed E-state index contributed by atoms with van der Waals surface area (Å²) in [5, 5.41) is 11.0. The van der Waals surface area contributed by atoms with Crippen molar-refractivity contribution in [1.82, 2.24) is 4.90 Å². The molecular formula is C24H20FNO5. The highest BCUT2D eigenvalue weighted by atomic mass is 19.1. The Hall–Kier alpha value is -3.87. The van der Waals surface area contributed by atoms with Gasteiger partial charge in [-0.15, -0.1) is 0 Å². The van der Waals surface area contributed by atoms with E-state index in [4.69, 9.17) is 9.15 Å². The number of carbonyl (C=O) groups excluding carboxylic acids is 2. The minimum Gasteiger partial charge on any atom is -0.507 e. The Morgan fingerprint density at radius 3 is 2.65 bits per heavy atom. The predicted molar refractivity (Wildman–Crippen MR) is 111 cm³/mol. The van der Waals surface area contributed by atoms with E-state index in [9.17, 15) is 19.1 Å². The number of furan rings is 1. The minimum atomic E-state index is -1.11. The molecule has 1 atom stereocenters. The van der Waals surface area contributed by atoms with Gasteiger partial charge in [0.15, 0.2) is 0 Å². The number of carbonyl (C=O) groups is 2. The second kappa shape index (κ2) is 8.47. The summed E-state index contributed by atoms with van der Waals surface area (Å²) in [5.41, 5.74) is 0.217. The molecule has 1 N–H and O–H groups in total. The van der Waals surface area contributed by atoms with Crippen LogP contribution in [0.3, 0.4) is 0 Å². The molecule has 0 spiro atoms. The van der Waals surface area contributed by atoms with Crippen LogP contribution >= 0.6 is 0 Å². The lowest BCUT2D eigenvalue weighted by Crippen LogP contribution is -2.29. The summed E-state index contributed by atoms with van der Waals surface area (Å²) < 4.78 is 25.5. The molecule has 1 fully saturated rings. The van der Waals surface area contributed by atoms with Crippen molar-refractivity contribution < 1.29 is 28.2 Å². The molecular weight excluding hydrogens is 401 g/mol. The molecule has 0 saturated carbocycles. The Bertz CT molecular complexity index is 1150. The fraction of sp³-hybridized carbons (Fsp3) is 0.167. The number of aliphatic hydroxyl groups is 1. The number of ketones is 1. The number of Topliss-reactive ketones (excluding diaryl/α,β-unsaturated/α-hetero) is 1. The first-order chi connectivity index (χ1) is 15.0. The number of benzene rings is 2. The molecule has 1 aliphatic rings. The van der Waals surface area contributed by atoms with Gasteiger partial charge in [-0.1, -0.05) is 30.3 Å². The monoisotopic (exact) mass is 421 g/mol. The lowest BCUT2D eigenvalue weighted by Gasteiger charge is -2.24. The van der Waals surface area contributed by atoms with Gasteiger partial charge in [-0.25, -0.2) is 4.39 Å². The molecule has 2 heterocycles. The largest absolute Gasteiger partial charge is 0.507 e. The zero-order valence-corrected chi connectivity index (χ0v) is 16.7. The second-order valence-electron chi connectivity index (χ2n) is 6.99. The summed E-state index contributed by atoms with van der Waals surface area (Å²) in [4.78, 5) is 27.1. The van der Waals surface area contributed by atoms with E-state index in [1.807, 2.05) is 6.92 Å². The first kappa shape index (κ1) is 20.4. The van der Waals surface area contributed by atoms with Gasteiger partial charge < -0.3 is 19.2 Å². The number of amides is 1. The van der Waals surface area contributed by atoms with Crippen molar-refractivity contribution in [3.05, 3.63) is 95.2 Å². The molecule has 0 radical (unpaired) electrons. The smallest absolute Gasteiger partial charge is 0.296 e. The maximum absolute atomic E-state index is 14.8. The maximum atomic E-state index is 14.8. The molecule has 3 aromatic rings. The number of halogens is 1. The van der Waals surface area contributed by atoms with Crippen LogP contribution < -0.4 is 4.74 Å². The second-order valence-corrected chi connectivity index (χ2v) is 6.99. The van der Waals surface area contributed by atoms with E-state index in [1.54, 1.807) is 42.5 Å². The SMILES string of the molecule is CCOc1cccc(/C(O)=C2\C(=O)C(=O)N(Cc3ccco3)C2c2ccccc2F)c1. The molecule has 6 nitrogen and oxygen atoms in total. The van der Waals surface area contributed by atoms with E-state index in [2.05, 4.69) is 0 Å². The van der Waals surface area contributed by atoms with Gasteiger partial charge >= 0.3 is 0 Å². The van der Waals surface area contributed by atoms with E-state index >= 15 is 0 Å². The highest BCUT2D eigenvalue weighted by Gasteiger charge is 2.47. The highest BCUT2D eigenvalue weighted by Crippen LogP contribution is 2.41. The Morgan fingerprint density at radius 2 is 1.94 bits per heavy atom. The van der Waals surface area contributed by atoms with Crippen LogP contribution in [0.1, 0.15) is 29.9 Å². The predicted octanol–water partition coefficient (Wildman–Crippen LogP) is 4.44. The first-order valence-corrected chi connectivity index (χ1v) is 9.79. The third-order valence-corrected chi connectivity index (χ3v) is 5.06. The summed E-state index contributed by atoms with van der Waals surface area (Å²) in [6, 6.07) is 14.6. The third kappa shape index (κ3) is 3.82. The van der Waals surface area contributed by atoms with Gasteiger partial charge in [-0.05, 0) is 37.3 Å². The number of nitrogens with zero attached hydrogens (tertiary/aromatic N) is 1. The molecule has 4 rings (SSSR count). The molecule has 7 heteroatoms. The van der Waals surface area contributed by atoms with Gasteiger partial charge in [-0.2, -0.15) is 0 Å². The summed E-state index contributed by atoms with van der Waals surface area (Å²) in [5.74, 6) is -1.78. The van der Waals surface area contributed by atoms with Crippen molar-refractivity contribution in [2.45, 2.75) is 19.5 Å². The number of likely N-dealkylation sites (tertiary alicyclic amines) is 1. The highest BCUT2D eigenvalue weighted by molar-refractivity contribution is 6.46. The molecule has 0 bridgehead atoms. The summed E-state index contributed by atoms with van der Waals surface area (Å²) >= 11 is 0. The summed E-state index contributed by atoms with van der Waals surface area (Å²) in [6.07, 6.45) is 1.45. The average molecular weight is 421 g/mol. The van der Waals surface area contributed by atoms with Crippen LogP contribution in [-0.4, -0.2) is 28.3 Å². The molecule has 1 saturated heterocycles. The molecule has 2 aromatic carbocycles. The van der Waals surface area contributed by atoms with E-state index in [0.29, 0.717) is 23.7 Å². The average Bonchev–Trinajstić information content (AvgIpc) is 3.37. The Morgan fingerprint density at radius 1 is 1.13 bits per heavy atom. The Labute approximate surface area is 178 Å². The van der Waals surface area contributed by atoms with Gasteiger partial charge in [0.1, 0.15) is 23.1 Å². The van der Waals surface area contributed by atoms with Gasteiger partial charge in [0.2, 0.25) is 0 Å². The third-order valence-electron chi connectivity index (χ3n) is 5.06. The van der Waals surface area contributed by atoms with Gasteiger partial charge in [-0.3, -0.25) is 9.59 Å². The molecule has 1 aliphatic heterocycles. The number of aliphatic hydroxyl groups excluding tert-OH is 1. The number of rotatable bonds is 6. The van der Waals surface area contributed by atoms with Gasteiger partial charge in [0.25, 0.3) is 11.7 Å². The lowest BCUT2D eigenvalue weighted by atomic mass is 9.95. The van der Waals surface area contributed by atoms with Crippen molar-refractivity contribution in [1.29, 1.82) is 0 Å². The quantitative estimate of drug-likeness (QED) is 0.362. The number of hydrogen-bond acceptors (Lipinski definition) is 5. The molecule has 31 heavy (non-hydrogen) atoms. The maximum Gasteiger partial charge on any atom is 0.296 e. The topological polar surface area (TPSA) is 80.0 Å². The van der Waals surface area contributed by atoms with Gasteiger partial charge in [0, 0.05) is 11.1 Å². The molecule has 1 amide bonds. The zero-order chi connectivity index (χ0) is 22.0. The molecule has 0 aliphatic carbocycles.